The molecule has 0 spiro atoms. The Morgan fingerprint density at radius 3 is 3.00 bits per heavy atom. The number of nitrogens with one attached hydrogen (secondary N) is 1. The smallest absolute Gasteiger partial charge is 0.115 e. The summed E-state index contributed by atoms with van der Waals surface area (Å²) in [5.41, 5.74) is 2.16. The molecule has 0 bridgehead atoms. The van der Waals surface area contributed by atoms with Crippen molar-refractivity contribution in [1.82, 2.24) is 0 Å². The second kappa shape index (κ2) is 4.53. The summed E-state index contributed by atoms with van der Waals surface area (Å²) in [6, 6.07) is 5.80. The zero-order chi connectivity index (χ0) is 10.7. The molecule has 1 aromatic rings. The van der Waals surface area contributed by atoms with E-state index in [-0.39, 0.29) is 0 Å². The van der Waals surface area contributed by atoms with Crippen molar-refractivity contribution in [3.63, 3.8) is 0 Å². The van der Waals surface area contributed by atoms with Gasteiger partial charge in [-0.15, -0.1) is 0 Å². The molecule has 3 nitrogen and oxygen atoms in total. The van der Waals surface area contributed by atoms with Gasteiger partial charge in [0.25, 0.3) is 0 Å². The topological polar surface area (TPSA) is 41.5 Å². The van der Waals surface area contributed by atoms with Gasteiger partial charge >= 0.3 is 0 Å². The van der Waals surface area contributed by atoms with Gasteiger partial charge in [0.2, 0.25) is 0 Å². The first-order chi connectivity index (χ1) is 7.25. The standard InChI is InChI=1S/C12H17NO2/c1-9-7-11(14)4-5-12(9)13-10-3-2-6-15-8-10/h4-5,7,10,13-14H,2-3,6,8H2,1H3. The molecular weight excluding hydrogens is 190 g/mol. The minimum Gasteiger partial charge on any atom is -0.508 e. The maximum Gasteiger partial charge on any atom is 0.115 e. The molecule has 15 heavy (non-hydrogen) atoms. The second-order valence-corrected chi connectivity index (χ2v) is 4.06. The molecule has 82 valence electrons. The van der Waals surface area contributed by atoms with Crippen molar-refractivity contribution in [2.75, 3.05) is 18.5 Å². The van der Waals surface area contributed by atoms with Gasteiger partial charge in [-0.2, -0.15) is 0 Å². The van der Waals surface area contributed by atoms with Crippen molar-refractivity contribution in [3.8, 4) is 5.75 Å². The summed E-state index contributed by atoms with van der Waals surface area (Å²) < 4.78 is 5.41. The van der Waals surface area contributed by atoms with Gasteiger partial charge in [-0.25, -0.2) is 0 Å². The van der Waals surface area contributed by atoms with E-state index in [1.54, 1.807) is 12.1 Å². The molecule has 1 atom stereocenters. The van der Waals surface area contributed by atoms with Crippen LogP contribution in [0, 0.1) is 6.92 Å². The molecule has 1 saturated heterocycles. The maximum atomic E-state index is 9.29. The Kier molecular flexibility index (Phi) is 3.11. The van der Waals surface area contributed by atoms with E-state index in [1.165, 1.54) is 0 Å². The lowest BCUT2D eigenvalue weighted by Gasteiger charge is -2.25. The zero-order valence-electron chi connectivity index (χ0n) is 8.99. The highest BCUT2D eigenvalue weighted by atomic mass is 16.5. The first-order valence-corrected chi connectivity index (χ1v) is 5.39. The van der Waals surface area contributed by atoms with E-state index >= 15 is 0 Å². The van der Waals surface area contributed by atoms with Gasteiger partial charge in [-0.1, -0.05) is 0 Å². The van der Waals surface area contributed by atoms with Crippen molar-refractivity contribution < 1.29 is 9.84 Å². The molecule has 2 N–H and O–H groups in total. The van der Waals surface area contributed by atoms with Crippen molar-refractivity contribution in [1.29, 1.82) is 0 Å². The van der Waals surface area contributed by atoms with Gasteiger partial charge in [-0.05, 0) is 43.5 Å². The number of ether oxygens (including phenoxy) is 1. The molecule has 0 saturated carbocycles. The molecule has 0 radical (unpaired) electrons. The van der Waals surface area contributed by atoms with Crippen LogP contribution < -0.4 is 5.32 Å². The largest absolute Gasteiger partial charge is 0.508 e. The lowest BCUT2D eigenvalue weighted by Crippen LogP contribution is -2.30. The Hall–Kier alpha value is -1.22. The van der Waals surface area contributed by atoms with Crippen LogP contribution in [0.2, 0.25) is 0 Å². The van der Waals surface area contributed by atoms with Crippen LogP contribution in [0.5, 0.6) is 5.75 Å². The van der Waals surface area contributed by atoms with E-state index in [9.17, 15) is 5.11 Å². The highest BCUT2D eigenvalue weighted by Gasteiger charge is 2.13. The number of rotatable bonds is 2. The van der Waals surface area contributed by atoms with E-state index in [0.29, 0.717) is 11.8 Å². The average Bonchev–Trinajstić information content (AvgIpc) is 2.24. The summed E-state index contributed by atoms with van der Waals surface area (Å²) in [5.74, 6) is 0.318. The molecule has 1 unspecified atom stereocenters. The minimum absolute atomic E-state index is 0.318. The number of hydrogen-bond donors (Lipinski definition) is 2. The molecule has 0 aromatic heterocycles. The number of benzene rings is 1. The monoisotopic (exact) mass is 207 g/mol. The quantitative estimate of drug-likeness (QED) is 0.731. The van der Waals surface area contributed by atoms with Crippen LogP contribution >= 0.6 is 0 Å². The summed E-state index contributed by atoms with van der Waals surface area (Å²) in [6.45, 7) is 3.65. The van der Waals surface area contributed by atoms with E-state index in [0.717, 1.165) is 37.3 Å². The minimum atomic E-state index is 0.318. The van der Waals surface area contributed by atoms with Gasteiger partial charge in [0.15, 0.2) is 0 Å². The third kappa shape index (κ3) is 2.63. The maximum absolute atomic E-state index is 9.29. The Balaban J connectivity index is 2.03. The molecule has 0 amide bonds. The summed E-state index contributed by atoms with van der Waals surface area (Å²) in [6.07, 6.45) is 2.27. The first-order valence-electron chi connectivity index (χ1n) is 5.39. The van der Waals surface area contributed by atoms with Gasteiger partial charge in [0.1, 0.15) is 5.75 Å². The second-order valence-electron chi connectivity index (χ2n) is 4.06. The molecule has 1 aliphatic heterocycles. The Morgan fingerprint density at radius 2 is 2.33 bits per heavy atom. The fourth-order valence-corrected chi connectivity index (χ4v) is 1.88. The molecular formula is C12H17NO2. The Morgan fingerprint density at radius 1 is 1.47 bits per heavy atom. The van der Waals surface area contributed by atoms with Gasteiger partial charge in [0.05, 0.1) is 6.61 Å². The average molecular weight is 207 g/mol. The van der Waals surface area contributed by atoms with Crippen LogP contribution in [0.3, 0.4) is 0 Å². The molecule has 1 aliphatic rings. The highest BCUT2D eigenvalue weighted by Crippen LogP contribution is 2.22. The molecule has 0 aliphatic carbocycles. The first kappa shape index (κ1) is 10.3. The fourth-order valence-electron chi connectivity index (χ4n) is 1.88. The van der Waals surface area contributed by atoms with Gasteiger partial charge in [0, 0.05) is 18.3 Å². The highest BCUT2D eigenvalue weighted by molar-refractivity contribution is 5.53. The summed E-state index contributed by atoms with van der Waals surface area (Å²) in [7, 11) is 0. The van der Waals surface area contributed by atoms with Crippen molar-refractivity contribution in [2.24, 2.45) is 0 Å². The molecule has 1 fully saturated rings. The van der Waals surface area contributed by atoms with Crippen LogP contribution in [0.1, 0.15) is 18.4 Å². The Labute approximate surface area is 90.1 Å². The SMILES string of the molecule is Cc1cc(O)ccc1NC1CCCOC1. The fraction of sp³-hybridized carbons (Fsp3) is 0.500. The van der Waals surface area contributed by atoms with Crippen LogP contribution in [-0.2, 0) is 4.74 Å². The molecule has 1 heterocycles. The van der Waals surface area contributed by atoms with Crippen LogP contribution in [0.4, 0.5) is 5.69 Å². The predicted octanol–water partition coefficient (Wildman–Crippen LogP) is 2.29. The summed E-state index contributed by atoms with van der Waals surface area (Å²) in [5, 5.41) is 12.7. The molecule has 3 heteroatoms. The van der Waals surface area contributed by atoms with E-state index in [2.05, 4.69) is 5.32 Å². The predicted molar refractivity (Wildman–Crippen MR) is 60.3 cm³/mol. The number of phenolic OH excluding ortho intramolecular Hbond substituents is 1. The summed E-state index contributed by atoms with van der Waals surface area (Å²) >= 11 is 0. The number of phenols is 1. The van der Waals surface area contributed by atoms with Crippen molar-refractivity contribution in [3.05, 3.63) is 23.8 Å². The zero-order valence-corrected chi connectivity index (χ0v) is 8.99. The number of anilines is 1. The Bertz CT molecular complexity index is 332. The van der Waals surface area contributed by atoms with Gasteiger partial charge in [-0.3, -0.25) is 0 Å². The summed E-state index contributed by atoms with van der Waals surface area (Å²) in [4.78, 5) is 0. The van der Waals surface area contributed by atoms with Gasteiger partial charge < -0.3 is 15.2 Å². The van der Waals surface area contributed by atoms with E-state index in [1.807, 2.05) is 13.0 Å². The van der Waals surface area contributed by atoms with E-state index < -0.39 is 0 Å². The lowest BCUT2D eigenvalue weighted by atomic mass is 10.1. The van der Waals surface area contributed by atoms with Crippen LogP contribution in [0.15, 0.2) is 18.2 Å². The molecule has 2 rings (SSSR count). The number of aromatic hydroxyl groups is 1. The van der Waals surface area contributed by atoms with Crippen molar-refractivity contribution >= 4 is 5.69 Å². The van der Waals surface area contributed by atoms with Crippen LogP contribution in [0.25, 0.3) is 0 Å². The third-order valence-electron chi connectivity index (χ3n) is 2.73. The number of aryl methyl sites for hydroxylation is 1. The van der Waals surface area contributed by atoms with Crippen LogP contribution in [-0.4, -0.2) is 24.4 Å². The van der Waals surface area contributed by atoms with Crippen molar-refractivity contribution in [2.45, 2.75) is 25.8 Å². The lowest BCUT2D eigenvalue weighted by molar-refractivity contribution is 0.0876. The normalized spacial score (nSPS) is 21.3. The number of hydrogen-bond acceptors (Lipinski definition) is 3. The third-order valence-corrected chi connectivity index (χ3v) is 2.73. The molecule has 1 aromatic carbocycles. The van der Waals surface area contributed by atoms with E-state index in [4.69, 9.17) is 4.74 Å².